The van der Waals surface area contributed by atoms with Crippen LogP contribution in [0.2, 0.25) is 0 Å². The number of nitro groups is 1. The maximum atomic E-state index is 11.1. The van der Waals surface area contributed by atoms with E-state index in [4.69, 9.17) is 15.6 Å². The molecule has 21 heavy (non-hydrogen) atoms. The average Bonchev–Trinajstić information content (AvgIpc) is 2.95. The number of nitrogens with zero attached hydrogens (tertiary/aromatic N) is 3. The van der Waals surface area contributed by atoms with Gasteiger partial charge in [0.1, 0.15) is 0 Å². The lowest BCUT2D eigenvalue weighted by molar-refractivity contribution is -0.383. The summed E-state index contributed by atoms with van der Waals surface area (Å²) in [5.74, 6) is -0.0595. The van der Waals surface area contributed by atoms with E-state index in [2.05, 4.69) is 20.6 Å². The largest absolute Gasteiger partial charge is 0.395 e. The zero-order chi connectivity index (χ0) is 15.2. The van der Waals surface area contributed by atoms with Crippen LogP contribution in [0.5, 0.6) is 0 Å². The van der Waals surface area contributed by atoms with Crippen LogP contribution in [0.15, 0.2) is 0 Å². The fraction of sp³-hybridized carbons (Fsp3) is 0.636. The van der Waals surface area contributed by atoms with Crippen molar-refractivity contribution in [2.45, 2.75) is 18.9 Å². The molecular formula is C11H18N6O4. The third kappa shape index (κ3) is 3.89. The molecule has 1 fully saturated rings. The van der Waals surface area contributed by atoms with E-state index in [1.165, 1.54) is 0 Å². The van der Waals surface area contributed by atoms with Gasteiger partial charge in [0, 0.05) is 19.7 Å². The second-order valence-electron chi connectivity index (χ2n) is 4.55. The summed E-state index contributed by atoms with van der Waals surface area (Å²) in [5, 5.41) is 25.5. The minimum atomic E-state index is -0.622. The van der Waals surface area contributed by atoms with Crippen molar-refractivity contribution in [3.8, 4) is 0 Å². The van der Waals surface area contributed by atoms with Crippen LogP contribution in [0.1, 0.15) is 12.8 Å². The molecular weight excluding hydrogens is 280 g/mol. The number of nitrogens with two attached hydrogens (primary N) is 1. The standard InChI is InChI=1S/C11H18N6O4/c12-9-8(17(19)20)10(14-6-7-2-1-5-21-7)16-11(15-9)13-3-4-18/h7,18H,1-6H2,(H4,12,13,14,15,16)/t7-/m1/s1. The van der Waals surface area contributed by atoms with Crippen molar-refractivity contribution in [3.63, 3.8) is 0 Å². The van der Waals surface area contributed by atoms with Crippen LogP contribution in [0, 0.1) is 10.1 Å². The Balaban J connectivity index is 2.17. The van der Waals surface area contributed by atoms with E-state index in [1.807, 2.05) is 0 Å². The Bertz CT molecular complexity index is 506. The average molecular weight is 298 g/mol. The van der Waals surface area contributed by atoms with Gasteiger partial charge in [-0.3, -0.25) is 10.1 Å². The Morgan fingerprint density at radius 3 is 2.90 bits per heavy atom. The van der Waals surface area contributed by atoms with Crippen LogP contribution in [-0.4, -0.2) is 52.4 Å². The molecule has 0 radical (unpaired) electrons. The molecule has 1 atom stereocenters. The highest BCUT2D eigenvalue weighted by Crippen LogP contribution is 2.29. The Morgan fingerprint density at radius 2 is 2.29 bits per heavy atom. The number of ether oxygens (including phenoxy) is 1. The van der Waals surface area contributed by atoms with Gasteiger partial charge in [-0.05, 0) is 12.8 Å². The number of rotatable bonds is 7. The fourth-order valence-electron chi connectivity index (χ4n) is 2.04. The van der Waals surface area contributed by atoms with Gasteiger partial charge < -0.3 is 26.2 Å². The second-order valence-corrected chi connectivity index (χ2v) is 4.55. The van der Waals surface area contributed by atoms with Crippen molar-refractivity contribution in [1.82, 2.24) is 9.97 Å². The number of hydrogen-bond donors (Lipinski definition) is 4. The zero-order valence-electron chi connectivity index (χ0n) is 11.4. The molecule has 5 N–H and O–H groups in total. The molecule has 1 aliphatic heterocycles. The molecule has 0 aliphatic carbocycles. The van der Waals surface area contributed by atoms with Gasteiger partial charge in [-0.25, -0.2) is 0 Å². The van der Waals surface area contributed by atoms with Crippen LogP contribution < -0.4 is 16.4 Å². The van der Waals surface area contributed by atoms with Crippen LogP contribution in [0.25, 0.3) is 0 Å². The summed E-state index contributed by atoms with van der Waals surface area (Å²) in [6, 6.07) is 0. The lowest BCUT2D eigenvalue weighted by Gasteiger charge is -2.13. The quantitative estimate of drug-likeness (QED) is 0.402. The summed E-state index contributed by atoms with van der Waals surface area (Å²) in [7, 11) is 0. The SMILES string of the molecule is Nc1nc(NCCO)nc(NC[C@H]2CCCO2)c1[N+](=O)[O-]. The molecule has 2 rings (SSSR count). The monoisotopic (exact) mass is 298 g/mol. The molecule has 2 heterocycles. The molecule has 1 aliphatic rings. The molecule has 116 valence electrons. The number of hydrogen-bond acceptors (Lipinski definition) is 9. The van der Waals surface area contributed by atoms with Gasteiger partial charge in [-0.15, -0.1) is 0 Å². The van der Waals surface area contributed by atoms with Crippen molar-refractivity contribution in [2.24, 2.45) is 0 Å². The molecule has 0 unspecified atom stereocenters. The number of aliphatic hydroxyl groups is 1. The van der Waals surface area contributed by atoms with Gasteiger partial charge in [0.15, 0.2) is 0 Å². The summed E-state index contributed by atoms with van der Waals surface area (Å²) in [5.41, 5.74) is 5.25. The predicted molar refractivity (Wildman–Crippen MR) is 76.1 cm³/mol. The minimum absolute atomic E-state index is 0.00893. The highest BCUT2D eigenvalue weighted by Gasteiger charge is 2.24. The van der Waals surface area contributed by atoms with Crippen molar-refractivity contribution >= 4 is 23.3 Å². The van der Waals surface area contributed by atoms with E-state index < -0.39 is 4.92 Å². The van der Waals surface area contributed by atoms with E-state index in [0.29, 0.717) is 13.2 Å². The maximum Gasteiger partial charge on any atom is 0.353 e. The van der Waals surface area contributed by atoms with Crippen molar-refractivity contribution in [1.29, 1.82) is 0 Å². The normalized spacial score (nSPS) is 17.7. The van der Waals surface area contributed by atoms with Crippen LogP contribution in [-0.2, 0) is 4.74 Å². The van der Waals surface area contributed by atoms with Crippen molar-refractivity contribution in [2.75, 3.05) is 42.7 Å². The van der Waals surface area contributed by atoms with E-state index in [1.54, 1.807) is 0 Å². The molecule has 1 aromatic heterocycles. The van der Waals surface area contributed by atoms with Crippen LogP contribution in [0.4, 0.5) is 23.3 Å². The Hall–Kier alpha value is -2.20. The highest BCUT2D eigenvalue weighted by atomic mass is 16.6. The van der Waals surface area contributed by atoms with Crippen molar-refractivity contribution < 1.29 is 14.8 Å². The number of anilines is 3. The van der Waals surface area contributed by atoms with Gasteiger partial charge in [-0.2, -0.15) is 9.97 Å². The van der Waals surface area contributed by atoms with Crippen LogP contribution >= 0.6 is 0 Å². The summed E-state index contributed by atoms with van der Waals surface area (Å²) in [4.78, 5) is 18.3. The number of nitrogen functional groups attached to an aromatic ring is 1. The topological polar surface area (TPSA) is 148 Å². The molecule has 1 aromatic rings. The zero-order valence-corrected chi connectivity index (χ0v) is 11.4. The summed E-state index contributed by atoms with van der Waals surface area (Å²) < 4.78 is 5.44. The van der Waals surface area contributed by atoms with E-state index >= 15 is 0 Å². The van der Waals surface area contributed by atoms with Crippen molar-refractivity contribution in [3.05, 3.63) is 10.1 Å². The molecule has 0 bridgehead atoms. The molecule has 10 nitrogen and oxygen atoms in total. The molecule has 0 saturated carbocycles. The fourth-order valence-corrected chi connectivity index (χ4v) is 2.04. The summed E-state index contributed by atoms with van der Waals surface area (Å²) in [6.45, 7) is 1.22. The first kappa shape index (κ1) is 15.2. The lowest BCUT2D eigenvalue weighted by Crippen LogP contribution is -2.21. The molecule has 1 saturated heterocycles. The summed E-state index contributed by atoms with van der Waals surface area (Å²) >= 11 is 0. The number of nitrogens with one attached hydrogen (secondary N) is 2. The van der Waals surface area contributed by atoms with Gasteiger partial charge in [-0.1, -0.05) is 0 Å². The van der Waals surface area contributed by atoms with E-state index in [9.17, 15) is 10.1 Å². The first-order valence-corrected chi connectivity index (χ1v) is 6.64. The van der Waals surface area contributed by atoms with E-state index in [0.717, 1.165) is 12.8 Å². The summed E-state index contributed by atoms with van der Waals surface area (Å²) in [6.07, 6.45) is 1.88. The third-order valence-corrected chi connectivity index (χ3v) is 3.01. The van der Waals surface area contributed by atoms with Gasteiger partial charge in [0.25, 0.3) is 0 Å². The molecule has 10 heteroatoms. The minimum Gasteiger partial charge on any atom is -0.395 e. The third-order valence-electron chi connectivity index (χ3n) is 3.01. The van der Waals surface area contributed by atoms with E-state index in [-0.39, 0.29) is 42.5 Å². The Kier molecular flexibility index (Phi) is 5.06. The van der Waals surface area contributed by atoms with Gasteiger partial charge >= 0.3 is 5.69 Å². The smallest absolute Gasteiger partial charge is 0.353 e. The van der Waals surface area contributed by atoms with Gasteiger partial charge in [0.2, 0.25) is 17.6 Å². The number of aromatic nitrogens is 2. The molecule has 0 aromatic carbocycles. The Morgan fingerprint density at radius 1 is 1.48 bits per heavy atom. The molecule has 0 spiro atoms. The highest BCUT2D eigenvalue weighted by molar-refractivity contribution is 5.69. The first-order valence-electron chi connectivity index (χ1n) is 6.64. The first-order chi connectivity index (χ1) is 10.1. The predicted octanol–water partition coefficient (Wildman–Crippen LogP) is -0.0379. The number of aliphatic hydroxyl groups excluding tert-OH is 1. The maximum absolute atomic E-state index is 11.1. The molecule has 0 amide bonds. The van der Waals surface area contributed by atoms with Crippen LogP contribution in [0.3, 0.4) is 0 Å². The second kappa shape index (κ2) is 6.99. The van der Waals surface area contributed by atoms with Gasteiger partial charge in [0.05, 0.1) is 17.6 Å². The lowest BCUT2D eigenvalue weighted by atomic mass is 10.2. The Labute approximate surface area is 120 Å².